The van der Waals surface area contributed by atoms with Gasteiger partial charge < -0.3 is 14.2 Å². The molecule has 1 aliphatic heterocycles. The summed E-state index contributed by atoms with van der Waals surface area (Å²) >= 11 is 7.29. The van der Waals surface area contributed by atoms with Crippen molar-refractivity contribution in [3.8, 4) is 10.7 Å². The summed E-state index contributed by atoms with van der Waals surface area (Å²) in [6, 6.07) is 6.40. The van der Waals surface area contributed by atoms with Crippen LogP contribution in [0.25, 0.3) is 10.7 Å². The molecule has 1 fully saturated rings. The molecule has 0 radical (unpaired) electrons. The van der Waals surface area contributed by atoms with Crippen molar-refractivity contribution in [3.63, 3.8) is 0 Å². The monoisotopic (exact) mass is 482 g/mol. The first kappa shape index (κ1) is 21.8. The third kappa shape index (κ3) is 4.59. The molecular formula is C19H19ClN4O5S2. The number of hydrogen-bond acceptors (Lipinski definition) is 8. The highest BCUT2D eigenvalue weighted by Gasteiger charge is 2.26. The average Bonchev–Trinajstić information content (AvgIpc) is 3.38. The summed E-state index contributed by atoms with van der Waals surface area (Å²) in [6.45, 7) is 5.33. The van der Waals surface area contributed by atoms with E-state index in [2.05, 4.69) is 14.9 Å². The molecule has 0 unspecified atom stereocenters. The Morgan fingerprint density at radius 2 is 1.97 bits per heavy atom. The van der Waals surface area contributed by atoms with Crippen LogP contribution in [0.4, 0.5) is 5.69 Å². The van der Waals surface area contributed by atoms with Crippen LogP contribution in [0.3, 0.4) is 0 Å². The van der Waals surface area contributed by atoms with Crippen molar-refractivity contribution in [2.45, 2.75) is 18.7 Å². The van der Waals surface area contributed by atoms with Gasteiger partial charge in [-0.25, -0.2) is 8.42 Å². The van der Waals surface area contributed by atoms with Crippen molar-refractivity contribution < 1.29 is 22.5 Å². The van der Waals surface area contributed by atoms with Gasteiger partial charge in [0.2, 0.25) is 5.82 Å². The predicted octanol–water partition coefficient (Wildman–Crippen LogP) is 3.34. The second-order valence-corrected chi connectivity index (χ2v) is 10.2. The number of nitrogens with zero attached hydrogens (tertiary/aromatic N) is 3. The molecule has 0 saturated carbocycles. The standard InChI is InChI=1S/C19H19ClN4O5S2/c1-11-3-4-13(9-14(11)20)23-31(26,27)16-10-15(30-12(16)2)17-21-18(29-22-17)19(25)24-5-7-28-8-6-24/h3-4,9-10,23H,5-8H2,1-2H3. The summed E-state index contributed by atoms with van der Waals surface area (Å²) in [5.41, 5.74) is 1.21. The second-order valence-electron chi connectivity index (χ2n) is 6.93. The molecule has 1 amide bonds. The zero-order valence-electron chi connectivity index (χ0n) is 16.7. The van der Waals surface area contributed by atoms with Gasteiger partial charge >= 0.3 is 11.8 Å². The summed E-state index contributed by atoms with van der Waals surface area (Å²) in [5, 5.41) is 4.32. The number of benzene rings is 1. The topological polar surface area (TPSA) is 115 Å². The molecular weight excluding hydrogens is 464 g/mol. The number of aryl methyl sites for hydroxylation is 2. The van der Waals surface area contributed by atoms with Gasteiger partial charge in [0, 0.05) is 23.0 Å². The lowest BCUT2D eigenvalue weighted by Gasteiger charge is -2.25. The fraction of sp³-hybridized carbons (Fsp3) is 0.316. The van der Waals surface area contributed by atoms with Crippen LogP contribution in [0.5, 0.6) is 0 Å². The van der Waals surface area contributed by atoms with Crippen molar-refractivity contribution in [2.75, 3.05) is 31.0 Å². The highest BCUT2D eigenvalue weighted by Crippen LogP contribution is 2.33. The molecule has 1 aliphatic rings. The number of sulfonamides is 1. The maximum Gasteiger partial charge on any atom is 0.316 e. The average molecular weight is 483 g/mol. The number of aromatic nitrogens is 2. The number of halogens is 1. The van der Waals surface area contributed by atoms with Crippen molar-refractivity contribution >= 4 is 44.6 Å². The molecule has 31 heavy (non-hydrogen) atoms. The molecule has 1 aromatic carbocycles. The first-order chi connectivity index (χ1) is 14.7. The normalized spacial score (nSPS) is 14.6. The van der Waals surface area contributed by atoms with Crippen LogP contribution in [-0.4, -0.2) is 55.7 Å². The van der Waals surface area contributed by atoms with Gasteiger partial charge in [0.1, 0.15) is 4.90 Å². The minimum Gasteiger partial charge on any atom is -0.378 e. The molecule has 164 valence electrons. The summed E-state index contributed by atoms with van der Waals surface area (Å²) in [7, 11) is -3.86. The SMILES string of the molecule is Cc1ccc(NS(=O)(=O)c2cc(-c3noc(C(=O)N4CCOCC4)n3)sc2C)cc1Cl. The van der Waals surface area contributed by atoms with E-state index in [4.69, 9.17) is 20.9 Å². The van der Waals surface area contributed by atoms with Crippen molar-refractivity contribution in [1.29, 1.82) is 0 Å². The summed E-state index contributed by atoms with van der Waals surface area (Å²) in [5.74, 6) is -0.356. The number of nitrogens with one attached hydrogen (secondary N) is 1. The van der Waals surface area contributed by atoms with Gasteiger partial charge in [-0.2, -0.15) is 4.98 Å². The minimum absolute atomic E-state index is 0.0926. The summed E-state index contributed by atoms with van der Waals surface area (Å²) in [4.78, 5) is 19.3. The number of carbonyl (C=O) groups excluding carboxylic acids is 1. The number of anilines is 1. The Kier molecular flexibility index (Phi) is 6.02. The maximum absolute atomic E-state index is 12.9. The van der Waals surface area contributed by atoms with E-state index >= 15 is 0 Å². The van der Waals surface area contributed by atoms with Crippen molar-refractivity contribution in [1.82, 2.24) is 15.0 Å². The third-order valence-corrected chi connectivity index (χ3v) is 7.80. The Labute approximate surface area is 188 Å². The quantitative estimate of drug-likeness (QED) is 0.593. The van der Waals surface area contributed by atoms with E-state index in [1.807, 2.05) is 6.92 Å². The lowest BCUT2D eigenvalue weighted by molar-refractivity contribution is 0.0272. The summed E-state index contributed by atoms with van der Waals surface area (Å²) < 4.78 is 38.7. The van der Waals surface area contributed by atoms with Crippen LogP contribution in [0.15, 0.2) is 33.7 Å². The molecule has 12 heteroatoms. The zero-order valence-corrected chi connectivity index (χ0v) is 19.1. The van der Waals surface area contributed by atoms with E-state index < -0.39 is 10.0 Å². The Bertz CT molecular complexity index is 1230. The number of amides is 1. The third-order valence-electron chi connectivity index (χ3n) is 4.71. The van der Waals surface area contributed by atoms with Crippen LogP contribution >= 0.6 is 22.9 Å². The van der Waals surface area contributed by atoms with E-state index in [0.29, 0.717) is 46.8 Å². The minimum atomic E-state index is -3.86. The number of thiophene rings is 1. The number of rotatable bonds is 5. The Morgan fingerprint density at radius 1 is 1.23 bits per heavy atom. The number of carbonyl (C=O) groups is 1. The van der Waals surface area contributed by atoms with Gasteiger partial charge in [0.25, 0.3) is 10.0 Å². The van der Waals surface area contributed by atoms with E-state index in [1.165, 1.54) is 17.4 Å². The Hall–Kier alpha value is -2.47. The largest absolute Gasteiger partial charge is 0.378 e. The van der Waals surface area contributed by atoms with Crippen molar-refractivity contribution in [3.05, 3.63) is 45.6 Å². The second kappa shape index (κ2) is 8.58. The van der Waals surface area contributed by atoms with E-state index in [-0.39, 0.29) is 22.5 Å². The molecule has 0 aliphatic carbocycles. The van der Waals surface area contributed by atoms with Crippen LogP contribution in [0.1, 0.15) is 21.1 Å². The molecule has 3 heterocycles. The molecule has 3 aromatic rings. The molecule has 2 aromatic heterocycles. The Balaban J connectivity index is 1.56. The number of ether oxygens (including phenoxy) is 1. The van der Waals surface area contributed by atoms with E-state index in [0.717, 1.165) is 5.56 Å². The Morgan fingerprint density at radius 3 is 2.68 bits per heavy atom. The van der Waals surface area contributed by atoms with Crippen LogP contribution < -0.4 is 4.72 Å². The van der Waals surface area contributed by atoms with E-state index in [1.54, 1.807) is 30.0 Å². The van der Waals surface area contributed by atoms with Crippen LogP contribution in [0, 0.1) is 13.8 Å². The van der Waals surface area contributed by atoms with Crippen LogP contribution in [-0.2, 0) is 14.8 Å². The molecule has 0 atom stereocenters. The fourth-order valence-electron chi connectivity index (χ4n) is 3.02. The van der Waals surface area contributed by atoms with Gasteiger partial charge in [0.15, 0.2) is 0 Å². The lowest BCUT2D eigenvalue weighted by atomic mass is 10.2. The highest BCUT2D eigenvalue weighted by molar-refractivity contribution is 7.93. The molecule has 0 spiro atoms. The zero-order chi connectivity index (χ0) is 22.2. The maximum atomic E-state index is 12.9. The summed E-state index contributed by atoms with van der Waals surface area (Å²) in [6.07, 6.45) is 0. The van der Waals surface area contributed by atoms with Gasteiger partial charge in [-0.15, -0.1) is 11.3 Å². The number of hydrogen-bond donors (Lipinski definition) is 1. The fourth-order valence-corrected chi connectivity index (χ4v) is 5.77. The molecule has 1 N–H and O–H groups in total. The van der Waals surface area contributed by atoms with Gasteiger partial charge in [0.05, 0.1) is 23.8 Å². The predicted molar refractivity (Wildman–Crippen MR) is 116 cm³/mol. The molecule has 0 bridgehead atoms. The first-order valence-electron chi connectivity index (χ1n) is 9.35. The van der Waals surface area contributed by atoms with E-state index in [9.17, 15) is 13.2 Å². The van der Waals surface area contributed by atoms with Gasteiger partial charge in [-0.05, 0) is 37.6 Å². The molecule has 1 saturated heterocycles. The smallest absolute Gasteiger partial charge is 0.316 e. The van der Waals surface area contributed by atoms with Gasteiger partial charge in [-0.3, -0.25) is 9.52 Å². The molecule has 9 nitrogen and oxygen atoms in total. The first-order valence-corrected chi connectivity index (χ1v) is 12.0. The van der Waals surface area contributed by atoms with Crippen molar-refractivity contribution in [2.24, 2.45) is 0 Å². The lowest BCUT2D eigenvalue weighted by Crippen LogP contribution is -2.40. The molecule has 4 rings (SSSR count). The highest BCUT2D eigenvalue weighted by atomic mass is 35.5. The number of morpholine rings is 1. The van der Waals surface area contributed by atoms with Crippen LogP contribution in [0.2, 0.25) is 5.02 Å². The van der Waals surface area contributed by atoms with Gasteiger partial charge in [-0.1, -0.05) is 22.8 Å².